The van der Waals surface area contributed by atoms with Gasteiger partial charge in [0.15, 0.2) is 11.9 Å². The smallest absolute Gasteiger partial charge is 0.462 e. The SMILES string of the molecule is CCCCC/C=C\C/C=C\C/C=C\C=C\C(=O)CCCC(=O)OC[C@H](COP(=O)(O)O[C@H]1C(O)C(O)C(O)[C@@H](OP(=O)(O)O)C1O)OC(=O)CCCCCCC/C=C\CCCCCCCC. The molecule has 0 saturated heterocycles. The van der Waals surface area contributed by atoms with Crippen LogP contribution in [0.3, 0.4) is 0 Å². The molecule has 0 aromatic heterocycles. The molecule has 7 N–H and O–H groups in total. The number of carbonyl (C=O) groups excluding carboxylic acids is 3. The van der Waals surface area contributed by atoms with Gasteiger partial charge < -0.3 is 44.6 Å². The zero-order chi connectivity index (χ0) is 49.1. The van der Waals surface area contributed by atoms with Crippen LogP contribution in [-0.4, -0.2) is 109 Å². The molecule has 0 aliphatic heterocycles. The number of unbranched alkanes of at least 4 members (excludes halogenated alkanes) is 14. The van der Waals surface area contributed by atoms with Crippen molar-refractivity contribution in [3.8, 4) is 0 Å². The number of esters is 2. The van der Waals surface area contributed by atoms with Gasteiger partial charge in [-0.25, -0.2) is 9.13 Å². The molecule has 66 heavy (non-hydrogen) atoms. The summed E-state index contributed by atoms with van der Waals surface area (Å²) in [6.07, 6.45) is 24.7. The van der Waals surface area contributed by atoms with Crippen molar-refractivity contribution >= 4 is 33.4 Å². The largest absolute Gasteiger partial charge is 0.472 e. The molecule has 19 heteroatoms. The molecule has 0 aromatic rings. The van der Waals surface area contributed by atoms with Gasteiger partial charge in [-0.1, -0.05) is 133 Å². The van der Waals surface area contributed by atoms with E-state index >= 15 is 0 Å². The Bertz CT molecular complexity index is 1570. The summed E-state index contributed by atoms with van der Waals surface area (Å²) in [5.41, 5.74) is 0. The van der Waals surface area contributed by atoms with Crippen molar-refractivity contribution in [3.05, 3.63) is 60.8 Å². The van der Waals surface area contributed by atoms with Crippen LogP contribution in [0.5, 0.6) is 0 Å². The fourth-order valence-corrected chi connectivity index (χ4v) is 8.34. The van der Waals surface area contributed by atoms with Crippen LogP contribution >= 0.6 is 15.6 Å². The number of hydrogen-bond donors (Lipinski definition) is 7. The molecule has 1 aliphatic rings. The third kappa shape index (κ3) is 31.4. The van der Waals surface area contributed by atoms with E-state index in [4.69, 9.17) is 28.3 Å². The third-order valence-corrected chi connectivity index (χ3v) is 12.0. The maximum absolute atomic E-state index is 13.0. The van der Waals surface area contributed by atoms with Gasteiger partial charge >= 0.3 is 27.6 Å². The highest BCUT2D eigenvalue weighted by Crippen LogP contribution is 2.49. The van der Waals surface area contributed by atoms with Crippen LogP contribution in [0.25, 0.3) is 0 Å². The van der Waals surface area contributed by atoms with E-state index in [0.29, 0.717) is 6.42 Å². The van der Waals surface area contributed by atoms with E-state index in [-0.39, 0.29) is 31.5 Å². The Morgan fingerprint density at radius 1 is 0.530 bits per heavy atom. The Labute approximate surface area is 392 Å². The highest BCUT2D eigenvalue weighted by atomic mass is 31.2. The molecule has 1 rings (SSSR count). The van der Waals surface area contributed by atoms with Crippen LogP contribution in [-0.2, 0) is 46.6 Å². The van der Waals surface area contributed by atoms with Gasteiger partial charge in [0.2, 0.25) is 0 Å². The van der Waals surface area contributed by atoms with Crippen molar-refractivity contribution in [3.63, 3.8) is 0 Å². The van der Waals surface area contributed by atoms with Crippen LogP contribution in [0.4, 0.5) is 0 Å². The van der Waals surface area contributed by atoms with Crippen molar-refractivity contribution < 1.29 is 81.7 Å². The molecule has 0 bridgehead atoms. The number of aliphatic hydroxyl groups is 4. The lowest BCUT2D eigenvalue weighted by molar-refractivity contribution is -0.216. The van der Waals surface area contributed by atoms with Crippen LogP contribution in [0.1, 0.15) is 162 Å². The van der Waals surface area contributed by atoms with E-state index in [9.17, 15) is 48.8 Å². The van der Waals surface area contributed by atoms with E-state index in [1.807, 2.05) is 12.2 Å². The Morgan fingerprint density at radius 2 is 1.03 bits per heavy atom. The predicted molar refractivity (Wildman–Crippen MR) is 251 cm³/mol. The zero-order valence-corrected chi connectivity index (χ0v) is 40.9. The minimum absolute atomic E-state index is 0.0180. The summed E-state index contributed by atoms with van der Waals surface area (Å²) < 4.78 is 49.1. The molecule has 0 amide bonds. The molecule has 1 fully saturated rings. The fraction of sp³-hybridized carbons (Fsp3) is 0.723. The van der Waals surface area contributed by atoms with Crippen LogP contribution in [0.2, 0.25) is 0 Å². The molecule has 0 spiro atoms. The van der Waals surface area contributed by atoms with E-state index in [0.717, 1.165) is 57.8 Å². The zero-order valence-electron chi connectivity index (χ0n) is 39.1. The Morgan fingerprint density at radius 3 is 1.65 bits per heavy atom. The Hall–Kier alpha value is -2.63. The molecule has 0 aromatic carbocycles. The first-order valence-corrected chi connectivity index (χ1v) is 26.8. The molecule has 17 nitrogen and oxygen atoms in total. The number of phosphoric ester groups is 2. The molecular formula is C47H80O17P2. The maximum atomic E-state index is 13.0. The average molecular weight is 979 g/mol. The standard InChI is InChI=1S/C47H80O17P2/c1-3-5-7-9-11-13-15-17-18-20-22-24-26-28-30-34-41(50)62-39(37-61-66(58,59)64-47-44(53)42(51)43(52)46(45(47)54)63-65(55,56)57)36-60-40(49)35-31-33-38(48)32-29-27-25-23-21-19-16-14-12-10-8-6-4-2/h12,14,17-19,21,25,27,29,32,39,42-47,51-54H,3-11,13,15-16,20,22-24,26,28,30-31,33-37H2,1-2H3,(H,58,59)(H2,55,56,57)/b14-12-,18-17-,21-19-,27-25-,32-29+/t39-,42?,43?,44?,45?,46-,47+/m1/s1. The predicted octanol–water partition coefficient (Wildman–Crippen LogP) is 8.24. The Kier molecular flexibility index (Phi) is 34.7. The maximum Gasteiger partial charge on any atom is 0.472 e. The van der Waals surface area contributed by atoms with Crippen molar-refractivity contribution in [2.45, 2.75) is 204 Å². The number of carbonyl (C=O) groups is 3. The summed E-state index contributed by atoms with van der Waals surface area (Å²) in [5.74, 6) is -1.68. The number of allylic oxidation sites excluding steroid dienone is 10. The van der Waals surface area contributed by atoms with Gasteiger partial charge in [-0.15, -0.1) is 0 Å². The summed E-state index contributed by atoms with van der Waals surface area (Å²) in [5, 5.41) is 41.2. The summed E-state index contributed by atoms with van der Waals surface area (Å²) in [6, 6.07) is 0. The van der Waals surface area contributed by atoms with Gasteiger partial charge in [-0.2, -0.15) is 0 Å². The highest BCUT2D eigenvalue weighted by molar-refractivity contribution is 7.47. The van der Waals surface area contributed by atoms with Gasteiger partial charge in [0.1, 0.15) is 43.2 Å². The first kappa shape index (κ1) is 61.4. The second-order valence-corrected chi connectivity index (χ2v) is 19.1. The first-order chi connectivity index (χ1) is 31.5. The van der Waals surface area contributed by atoms with E-state index in [1.165, 1.54) is 63.9 Å². The lowest BCUT2D eigenvalue weighted by Crippen LogP contribution is -2.64. The van der Waals surface area contributed by atoms with Gasteiger partial charge in [-0.05, 0) is 70.3 Å². The average Bonchev–Trinajstić information content (AvgIpc) is 3.26. The molecule has 5 unspecified atom stereocenters. The number of phosphoric acid groups is 2. The summed E-state index contributed by atoms with van der Waals surface area (Å²) in [6.45, 7) is 2.85. The number of ketones is 1. The van der Waals surface area contributed by atoms with Gasteiger partial charge in [0.05, 0.1) is 6.61 Å². The fourth-order valence-electron chi connectivity index (χ4n) is 6.80. The van der Waals surface area contributed by atoms with Crippen LogP contribution in [0, 0.1) is 0 Å². The summed E-state index contributed by atoms with van der Waals surface area (Å²) in [7, 11) is -10.8. The molecule has 0 heterocycles. The molecule has 380 valence electrons. The molecule has 1 saturated carbocycles. The van der Waals surface area contributed by atoms with E-state index < -0.39 is 83.5 Å². The van der Waals surface area contributed by atoms with Crippen molar-refractivity contribution in [1.29, 1.82) is 0 Å². The topological polar surface area (TPSA) is 273 Å². The highest BCUT2D eigenvalue weighted by Gasteiger charge is 2.54. The first-order valence-electron chi connectivity index (χ1n) is 23.8. The number of hydrogen-bond acceptors (Lipinski definition) is 14. The Balaban J connectivity index is 2.69. The lowest BCUT2D eigenvalue weighted by Gasteiger charge is -2.43. The normalized spacial score (nSPS) is 22.0. The van der Waals surface area contributed by atoms with Crippen LogP contribution in [0.15, 0.2) is 60.8 Å². The van der Waals surface area contributed by atoms with Crippen molar-refractivity contribution in [2.24, 2.45) is 0 Å². The second-order valence-electron chi connectivity index (χ2n) is 16.5. The summed E-state index contributed by atoms with van der Waals surface area (Å²) >= 11 is 0. The molecule has 0 radical (unpaired) electrons. The quantitative estimate of drug-likeness (QED) is 0.00763. The van der Waals surface area contributed by atoms with Gasteiger partial charge in [0, 0.05) is 19.3 Å². The minimum Gasteiger partial charge on any atom is -0.462 e. The van der Waals surface area contributed by atoms with Crippen molar-refractivity contribution in [2.75, 3.05) is 13.2 Å². The summed E-state index contributed by atoms with van der Waals surface area (Å²) in [4.78, 5) is 66.5. The second kappa shape index (κ2) is 37.3. The molecule has 8 atom stereocenters. The van der Waals surface area contributed by atoms with Crippen LogP contribution < -0.4 is 0 Å². The third-order valence-electron chi connectivity index (χ3n) is 10.5. The van der Waals surface area contributed by atoms with Gasteiger partial charge in [-0.3, -0.25) is 28.0 Å². The van der Waals surface area contributed by atoms with Gasteiger partial charge in [0.25, 0.3) is 0 Å². The molecular weight excluding hydrogens is 898 g/mol. The lowest BCUT2D eigenvalue weighted by atomic mass is 9.85. The number of rotatable bonds is 39. The van der Waals surface area contributed by atoms with E-state index in [2.05, 4.69) is 48.8 Å². The molecule has 1 aliphatic carbocycles. The van der Waals surface area contributed by atoms with Crippen molar-refractivity contribution in [1.82, 2.24) is 0 Å². The minimum atomic E-state index is -5.39. The van der Waals surface area contributed by atoms with E-state index in [1.54, 1.807) is 12.2 Å². The number of aliphatic hydroxyl groups excluding tert-OH is 4. The number of ether oxygens (including phenoxy) is 2. The monoisotopic (exact) mass is 978 g/mol.